The molecule has 0 bridgehead atoms. The Morgan fingerprint density at radius 3 is 2.58 bits per heavy atom. The average molecular weight is 413 g/mol. The number of amides is 2. The molecule has 0 spiro atoms. The topological polar surface area (TPSA) is 142 Å². The standard InChI is InChI=1S/C21H15N7O3/c29-18(27-20-22-9-10-23-20)12-4-1-6-14-17(12)26-21(25-14)28-19(30)15-7-2-5-13(24-15)16-8-3-11-31-16/h1-11H,(H2,22,23,27,29)(H2,25,26,28,30). The third-order valence-electron chi connectivity index (χ3n) is 4.47. The highest BCUT2D eigenvalue weighted by molar-refractivity contribution is 6.11. The Labute approximate surface area is 174 Å². The van der Waals surface area contributed by atoms with E-state index in [2.05, 4.69) is 35.6 Å². The van der Waals surface area contributed by atoms with Crippen LogP contribution < -0.4 is 10.6 Å². The number of para-hydroxylation sites is 1. The Hall–Kier alpha value is -4.73. The number of hydrogen-bond acceptors (Lipinski definition) is 6. The van der Waals surface area contributed by atoms with Crippen molar-refractivity contribution in [2.45, 2.75) is 0 Å². The van der Waals surface area contributed by atoms with Crippen LogP contribution in [0.3, 0.4) is 0 Å². The number of rotatable bonds is 5. The Bertz CT molecular complexity index is 1370. The summed E-state index contributed by atoms with van der Waals surface area (Å²) in [6, 6.07) is 13.7. The smallest absolute Gasteiger partial charge is 0.276 e. The summed E-state index contributed by atoms with van der Waals surface area (Å²) >= 11 is 0. The van der Waals surface area contributed by atoms with Gasteiger partial charge in [0, 0.05) is 12.4 Å². The molecule has 10 heteroatoms. The summed E-state index contributed by atoms with van der Waals surface area (Å²) < 4.78 is 5.33. The summed E-state index contributed by atoms with van der Waals surface area (Å²) in [6.07, 6.45) is 4.68. The monoisotopic (exact) mass is 413 g/mol. The Morgan fingerprint density at radius 1 is 0.903 bits per heavy atom. The first-order chi connectivity index (χ1) is 15.2. The lowest BCUT2D eigenvalue weighted by Crippen LogP contribution is -2.15. The summed E-state index contributed by atoms with van der Waals surface area (Å²) in [5, 5.41) is 5.34. The van der Waals surface area contributed by atoms with Crippen LogP contribution in [-0.2, 0) is 0 Å². The van der Waals surface area contributed by atoms with Gasteiger partial charge in [0.1, 0.15) is 16.9 Å². The fourth-order valence-corrected chi connectivity index (χ4v) is 3.08. The largest absolute Gasteiger partial charge is 0.463 e. The normalized spacial score (nSPS) is 10.8. The Morgan fingerprint density at radius 2 is 1.77 bits per heavy atom. The van der Waals surface area contributed by atoms with Crippen LogP contribution in [0.25, 0.3) is 22.5 Å². The van der Waals surface area contributed by atoms with E-state index in [-0.39, 0.29) is 17.5 Å². The van der Waals surface area contributed by atoms with E-state index in [0.717, 1.165) is 0 Å². The lowest BCUT2D eigenvalue weighted by molar-refractivity contribution is 0.101. The average Bonchev–Trinajstić information content (AvgIpc) is 3.55. The first-order valence-corrected chi connectivity index (χ1v) is 9.29. The van der Waals surface area contributed by atoms with E-state index in [0.29, 0.717) is 34.0 Å². The number of fused-ring (bicyclic) bond motifs is 1. The summed E-state index contributed by atoms with van der Waals surface area (Å²) in [4.78, 5) is 43.8. The molecular weight excluding hydrogens is 398 g/mol. The number of H-pyrrole nitrogens is 2. The number of nitrogens with one attached hydrogen (secondary N) is 4. The minimum atomic E-state index is -0.450. The number of anilines is 2. The molecule has 0 atom stereocenters. The molecule has 0 radical (unpaired) electrons. The highest BCUT2D eigenvalue weighted by atomic mass is 16.3. The van der Waals surface area contributed by atoms with Gasteiger partial charge < -0.3 is 14.4 Å². The predicted octanol–water partition coefficient (Wildman–Crippen LogP) is 3.45. The number of hydrogen-bond donors (Lipinski definition) is 4. The number of benzene rings is 1. The predicted molar refractivity (Wildman–Crippen MR) is 113 cm³/mol. The maximum atomic E-state index is 12.7. The third-order valence-corrected chi connectivity index (χ3v) is 4.47. The molecule has 0 aliphatic carbocycles. The Balaban J connectivity index is 1.39. The van der Waals surface area contributed by atoms with Crippen LogP contribution in [0.4, 0.5) is 11.9 Å². The number of imidazole rings is 2. The van der Waals surface area contributed by atoms with E-state index in [1.165, 1.54) is 12.5 Å². The molecule has 152 valence electrons. The van der Waals surface area contributed by atoms with Gasteiger partial charge >= 0.3 is 0 Å². The third kappa shape index (κ3) is 3.65. The first-order valence-electron chi connectivity index (χ1n) is 9.29. The molecule has 0 unspecified atom stereocenters. The van der Waals surface area contributed by atoms with Crippen LogP contribution in [0.2, 0.25) is 0 Å². The maximum absolute atomic E-state index is 12.7. The minimum absolute atomic E-state index is 0.198. The summed E-state index contributed by atoms with van der Waals surface area (Å²) in [5.74, 6) is 0.259. The van der Waals surface area contributed by atoms with Crippen molar-refractivity contribution in [1.29, 1.82) is 0 Å². The van der Waals surface area contributed by atoms with Crippen molar-refractivity contribution < 1.29 is 14.0 Å². The zero-order chi connectivity index (χ0) is 21.2. The number of furan rings is 1. The first kappa shape index (κ1) is 18.3. The second-order valence-electron chi connectivity index (χ2n) is 6.52. The molecule has 0 fully saturated rings. The van der Waals surface area contributed by atoms with E-state index < -0.39 is 5.91 Å². The number of nitrogens with zero attached hydrogens (tertiary/aromatic N) is 3. The molecule has 0 aliphatic rings. The molecule has 5 rings (SSSR count). The molecule has 4 N–H and O–H groups in total. The number of aromatic nitrogens is 5. The van der Waals surface area contributed by atoms with Crippen LogP contribution in [-0.4, -0.2) is 36.7 Å². The zero-order valence-electron chi connectivity index (χ0n) is 15.9. The molecule has 10 nitrogen and oxygen atoms in total. The second-order valence-corrected chi connectivity index (χ2v) is 6.52. The van der Waals surface area contributed by atoms with E-state index in [4.69, 9.17) is 4.42 Å². The fourth-order valence-electron chi connectivity index (χ4n) is 3.08. The zero-order valence-corrected chi connectivity index (χ0v) is 15.9. The van der Waals surface area contributed by atoms with Crippen molar-refractivity contribution in [3.05, 3.63) is 78.4 Å². The van der Waals surface area contributed by atoms with Crippen molar-refractivity contribution in [3.63, 3.8) is 0 Å². The quantitative estimate of drug-likeness (QED) is 0.348. The molecule has 2 amide bonds. The van der Waals surface area contributed by atoms with Gasteiger partial charge in [-0.05, 0) is 36.4 Å². The number of carbonyl (C=O) groups is 2. The van der Waals surface area contributed by atoms with Crippen LogP contribution in [0.1, 0.15) is 20.8 Å². The van der Waals surface area contributed by atoms with Crippen molar-refractivity contribution in [2.24, 2.45) is 0 Å². The molecule has 1 aromatic carbocycles. The van der Waals surface area contributed by atoms with Gasteiger partial charge in [-0.25, -0.2) is 15.0 Å². The summed E-state index contributed by atoms with van der Waals surface area (Å²) in [5.41, 5.74) is 2.09. The van der Waals surface area contributed by atoms with E-state index in [1.807, 2.05) is 0 Å². The van der Waals surface area contributed by atoms with Crippen LogP contribution in [0.15, 0.2) is 71.6 Å². The van der Waals surface area contributed by atoms with Gasteiger partial charge in [0.15, 0.2) is 5.76 Å². The van der Waals surface area contributed by atoms with Gasteiger partial charge in [-0.1, -0.05) is 12.1 Å². The highest BCUT2D eigenvalue weighted by Gasteiger charge is 2.17. The van der Waals surface area contributed by atoms with Gasteiger partial charge in [0.2, 0.25) is 11.9 Å². The van der Waals surface area contributed by atoms with Gasteiger partial charge in [-0.3, -0.25) is 20.2 Å². The van der Waals surface area contributed by atoms with E-state index in [9.17, 15) is 9.59 Å². The van der Waals surface area contributed by atoms with E-state index >= 15 is 0 Å². The SMILES string of the molecule is O=C(Nc1nc2c(C(=O)Nc3ncc[nH]3)cccc2[nH]1)c1cccc(-c2ccco2)n1. The van der Waals surface area contributed by atoms with Crippen molar-refractivity contribution in [3.8, 4) is 11.5 Å². The van der Waals surface area contributed by atoms with Gasteiger partial charge in [0.05, 0.1) is 17.3 Å². The van der Waals surface area contributed by atoms with Gasteiger partial charge in [0.25, 0.3) is 11.8 Å². The van der Waals surface area contributed by atoms with Gasteiger partial charge in [-0.2, -0.15) is 0 Å². The minimum Gasteiger partial charge on any atom is -0.463 e. The highest BCUT2D eigenvalue weighted by Crippen LogP contribution is 2.21. The Kier molecular flexibility index (Phi) is 4.49. The van der Waals surface area contributed by atoms with Crippen molar-refractivity contribution in [2.75, 3.05) is 10.6 Å². The van der Waals surface area contributed by atoms with Crippen molar-refractivity contribution >= 4 is 34.7 Å². The lowest BCUT2D eigenvalue weighted by Gasteiger charge is -2.03. The molecule has 4 heterocycles. The molecule has 31 heavy (non-hydrogen) atoms. The molecular formula is C21H15N7O3. The van der Waals surface area contributed by atoms with Crippen molar-refractivity contribution in [1.82, 2.24) is 24.9 Å². The van der Waals surface area contributed by atoms with Crippen LogP contribution in [0, 0.1) is 0 Å². The molecule has 0 saturated carbocycles. The van der Waals surface area contributed by atoms with Crippen LogP contribution in [0.5, 0.6) is 0 Å². The molecule has 5 aromatic rings. The fraction of sp³-hybridized carbons (Fsp3) is 0. The second kappa shape index (κ2) is 7.59. The summed E-state index contributed by atoms with van der Waals surface area (Å²) in [7, 11) is 0. The molecule has 4 aromatic heterocycles. The van der Waals surface area contributed by atoms with E-state index in [1.54, 1.807) is 54.7 Å². The van der Waals surface area contributed by atoms with Crippen LogP contribution >= 0.6 is 0 Å². The summed E-state index contributed by atoms with van der Waals surface area (Å²) in [6.45, 7) is 0. The molecule has 0 aliphatic heterocycles. The maximum Gasteiger partial charge on any atom is 0.276 e. The number of pyridine rings is 1. The number of carbonyl (C=O) groups excluding carboxylic acids is 2. The van der Waals surface area contributed by atoms with Gasteiger partial charge in [-0.15, -0.1) is 0 Å². The number of aromatic amines is 2. The molecule has 0 saturated heterocycles. The lowest BCUT2D eigenvalue weighted by atomic mass is 10.2.